The lowest BCUT2D eigenvalue weighted by atomic mass is 10.1. The molecule has 0 saturated heterocycles. The molecule has 12 heavy (non-hydrogen) atoms. The fourth-order valence-corrected chi connectivity index (χ4v) is 1.95. The van der Waals surface area contributed by atoms with E-state index in [0.29, 0.717) is 23.4 Å². The fourth-order valence-electron chi connectivity index (χ4n) is 1.95. The third-order valence-electron chi connectivity index (χ3n) is 3.15. The maximum Gasteiger partial charge on any atom is 0.0519 e. The van der Waals surface area contributed by atoms with Crippen molar-refractivity contribution in [3.05, 3.63) is 0 Å². The van der Waals surface area contributed by atoms with Gasteiger partial charge in [-0.25, -0.2) is 0 Å². The van der Waals surface area contributed by atoms with Crippen LogP contribution in [0.3, 0.4) is 0 Å². The molecule has 0 aliphatic heterocycles. The van der Waals surface area contributed by atoms with Gasteiger partial charge in [0.2, 0.25) is 0 Å². The first kappa shape index (κ1) is 10.0. The maximum absolute atomic E-state index is 5.65. The predicted octanol–water partition coefficient (Wildman–Crippen LogP) is 1.64. The molecule has 2 N–H and O–H groups in total. The molecule has 2 nitrogen and oxygen atoms in total. The Kier molecular flexibility index (Phi) is 2.79. The molecule has 1 aliphatic rings. The van der Waals surface area contributed by atoms with Crippen LogP contribution in [0, 0.1) is 17.3 Å². The first-order valence-corrected chi connectivity index (χ1v) is 4.81. The van der Waals surface area contributed by atoms with Crippen LogP contribution < -0.4 is 5.73 Å². The van der Waals surface area contributed by atoms with E-state index in [-0.39, 0.29) is 0 Å². The van der Waals surface area contributed by atoms with Crippen molar-refractivity contribution in [3.8, 4) is 0 Å². The van der Waals surface area contributed by atoms with Gasteiger partial charge in [0.25, 0.3) is 0 Å². The van der Waals surface area contributed by atoms with Gasteiger partial charge in [-0.05, 0) is 37.6 Å². The van der Waals surface area contributed by atoms with E-state index < -0.39 is 0 Å². The van der Waals surface area contributed by atoms with Crippen LogP contribution in [-0.2, 0) is 4.74 Å². The van der Waals surface area contributed by atoms with Crippen LogP contribution >= 0.6 is 0 Å². The Morgan fingerprint density at radius 1 is 1.33 bits per heavy atom. The molecular weight excluding hydrogens is 150 g/mol. The van der Waals surface area contributed by atoms with Crippen molar-refractivity contribution in [1.82, 2.24) is 0 Å². The van der Waals surface area contributed by atoms with Gasteiger partial charge in [-0.2, -0.15) is 0 Å². The van der Waals surface area contributed by atoms with E-state index in [2.05, 4.69) is 27.7 Å². The first-order chi connectivity index (χ1) is 5.50. The molecule has 2 atom stereocenters. The molecule has 1 saturated carbocycles. The van der Waals surface area contributed by atoms with Crippen molar-refractivity contribution in [3.63, 3.8) is 0 Å². The van der Waals surface area contributed by atoms with Crippen molar-refractivity contribution >= 4 is 0 Å². The second-order valence-corrected chi connectivity index (χ2v) is 4.65. The van der Waals surface area contributed by atoms with Gasteiger partial charge in [0.1, 0.15) is 0 Å². The summed E-state index contributed by atoms with van der Waals surface area (Å²) in [5, 5.41) is 0. The Labute approximate surface area is 75.5 Å². The Morgan fingerprint density at radius 2 is 1.92 bits per heavy atom. The van der Waals surface area contributed by atoms with E-state index in [1.54, 1.807) is 0 Å². The van der Waals surface area contributed by atoms with Crippen molar-refractivity contribution in [2.45, 2.75) is 33.8 Å². The molecule has 0 heterocycles. The van der Waals surface area contributed by atoms with Crippen molar-refractivity contribution in [1.29, 1.82) is 0 Å². The molecule has 72 valence electrons. The number of hydrogen-bond donors (Lipinski definition) is 1. The van der Waals surface area contributed by atoms with Crippen LogP contribution in [0.15, 0.2) is 0 Å². The van der Waals surface area contributed by atoms with E-state index in [0.717, 1.165) is 13.2 Å². The van der Waals surface area contributed by atoms with Gasteiger partial charge < -0.3 is 10.5 Å². The summed E-state index contributed by atoms with van der Waals surface area (Å²) in [5.41, 5.74) is 6.07. The largest absolute Gasteiger partial charge is 0.378 e. The highest BCUT2D eigenvalue weighted by atomic mass is 16.5. The molecule has 0 spiro atoms. The molecule has 0 amide bonds. The molecule has 0 unspecified atom stereocenters. The standard InChI is InChI=1S/C10H21NO/c1-7(2)12-6-9-8(5-11)10(9,3)4/h7-9H,5-6,11H2,1-4H3/t8-,9-/m0/s1. The van der Waals surface area contributed by atoms with E-state index in [9.17, 15) is 0 Å². The Hall–Kier alpha value is -0.0800. The summed E-state index contributed by atoms with van der Waals surface area (Å²) in [6.45, 7) is 10.4. The molecule has 1 aliphatic carbocycles. The van der Waals surface area contributed by atoms with E-state index in [4.69, 9.17) is 10.5 Å². The zero-order chi connectivity index (χ0) is 9.35. The lowest BCUT2D eigenvalue weighted by Crippen LogP contribution is -2.09. The number of hydrogen-bond acceptors (Lipinski definition) is 2. The minimum atomic E-state index is 0.347. The van der Waals surface area contributed by atoms with Gasteiger partial charge in [-0.1, -0.05) is 13.8 Å². The van der Waals surface area contributed by atoms with Crippen LogP contribution in [0.5, 0.6) is 0 Å². The number of rotatable bonds is 4. The zero-order valence-electron chi connectivity index (χ0n) is 8.63. The van der Waals surface area contributed by atoms with Gasteiger partial charge in [-0.3, -0.25) is 0 Å². The van der Waals surface area contributed by atoms with Crippen LogP contribution in [0.2, 0.25) is 0 Å². The molecule has 0 aromatic rings. The Balaban J connectivity index is 2.28. The molecule has 0 radical (unpaired) electrons. The third-order valence-corrected chi connectivity index (χ3v) is 3.15. The highest BCUT2D eigenvalue weighted by molar-refractivity contribution is 5.05. The predicted molar refractivity (Wildman–Crippen MR) is 50.9 cm³/mol. The maximum atomic E-state index is 5.65. The van der Waals surface area contributed by atoms with E-state index in [1.807, 2.05) is 0 Å². The summed E-state index contributed by atoms with van der Waals surface area (Å²) < 4.78 is 5.58. The topological polar surface area (TPSA) is 35.2 Å². The average Bonchev–Trinajstić information content (AvgIpc) is 2.48. The van der Waals surface area contributed by atoms with Gasteiger partial charge in [0, 0.05) is 0 Å². The summed E-state index contributed by atoms with van der Waals surface area (Å²) in [7, 11) is 0. The molecule has 2 heteroatoms. The Bertz CT molecular complexity index is 154. The lowest BCUT2D eigenvalue weighted by Gasteiger charge is -2.07. The van der Waals surface area contributed by atoms with Crippen molar-refractivity contribution in [2.75, 3.05) is 13.2 Å². The highest BCUT2D eigenvalue weighted by Crippen LogP contribution is 2.57. The van der Waals surface area contributed by atoms with Gasteiger partial charge in [0.15, 0.2) is 0 Å². The summed E-state index contributed by atoms with van der Waals surface area (Å²) >= 11 is 0. The molecule has 1 rings (SSSR count). The van der Waals surface area contributed by atoms with Crippen LogP contribution in [0.1, 0.15) is 27.7 Å². The van der Waals surface area contributed by atoms with Gasteiger partial charge >= 0.3 is 0 Å². The summed E-state index contributed by atoms with van der Waals surface area (Å²) in [5.74, 6) is 1.36. The minimum Gasteiger partial charge on any atom is -0.378 e. The van der Waals surface area contributed by atoms with E-state index >= 15 is 0 Å². The zero-order valence-corrected chi connectivity index (χ0v) is 8.63. The summed E-state index contributed by atoms with van der Waals surface area (Å²) in [6.07, 6.45) is 0.347. The van der Waals surface area contributed by atoms with Gasteiger partial charge in [0.05, 0.1) is 12.7 Å². The molecule has 0 aromatic heterocycles. The normalized spacial score (nSPS) is 32.5. The third kappa shape index (κ3) is 1.80. The van der Waals surface area contributed by atoms with Crippen molar-refractivity contribution in [2.24, 2.45) is 23.0 Å². The van der Waals surface area contributed by atoms with Gasteiger partial charge in [-0.15, -0.1) is 0 Å². The monoisotopic (exact) mass is 171 g/mol. The number of ether oxygens (including phenoxy) is 1. The second-order valence-electron chi connectivity index (χ2n) is 4.65. The average molecular weight is 171 g/mol. The molecular formula is C10H21NO. The quantitative estimate of drug-likeness (QED) is 0.698. The minimum absolute atomic E-state index is 0.347. The second kappa shape index (κ2) is 3.35. The molecule has 1 fully saturated rings. The number of nitrogens with two attached hydrogens (primary N) is 1. The Morgan fingerprint density at radius 3 is 2.25 bits per heavy atom. The lowest BCUT2D eigenvalue weighted by molar-refractivity contribution is 0.0634. The summed E-state index contributed by atoms with van der Waals surface area (Å²) in [6, 6.07) is 0. The summed E-state index contributed by atoms with van der Waals surface area (Å²) in [4.78, 5) is 0. The smallest absolute Gasteiger partial charge is 0.0519 e. The first-order valence-electron chi connectivity index (χ1n) is 4.81. The molecule has 0 bridgehead atoms. The van der Waals surface area contributed by atoms with Crippen LogP contribution in [0.25, 0.3) is 0 Å². The van der Waals surface area contributed by atoms with E-state index in [1.165, 1.54) is 0 Å². The SMILES string of the molecule is CC(C)OC[C@H]1[C@H](CN)C1(C)C. The fraction of sp³-hybridized carbons (Fsp3) is 1.00. The van der Waals surface area contributed by atoms with Crippen LogP contribution in [0.4, 0.5) is 0 Å². The molecule has 0 aromatic carbocycles. The highest BCUT2D eigenvalue weighted by Gasteiger charge is 2.56. The van der Waals surface area contributed by atoms with Crippen molar-refractivity contribution < 1.29 is 4.74 Å². The van der Waals surface area contributed by atoms with Crippen LogP contribution in [-0.4, -0.2) is 19.3 Å².